The molecule has 3 N–H and O–H groups in total. The van der Waals surface area contributed by atoms with E-state index in [9.17, 15) is 9.18 Å². The molecule has 18 heavy (non-hydrogen) atoms. The standard InChI is InChI=1S/C13H14FN3O/c14-10-6-9-8-16-5-3-11(9)12(7-10)17-13(18)2-1-4-15/h3,5-8H,1-2,4,15H2,(H,17,18). The van der Waals surface area contributed by atoms with Gasteiger partial charge in [0.25, 0.3) is 0 Å². The van der Waals surface area contributed by atoms with Crippen molar-refractivity contribution in [3.8, 4) is 0 Å². The van der Waals surface area contributed by atoms with Gasteiger partial charge in [-0.2, -0.15) is 0 Å². The van der Waals surface area contributed by atoms with E-state index in [4.69, 9.17) is 5.73 Å². The molecule has 2 aromatic rings. The van der Waals surface area contributed by atoms with Gasteiger partial charge in [-0.25, -0.2) is 4.39 Å². The zero-order valence-corrected chi connectivity index (χ0v) is 9.82. The zero-order chi connectivity index (χ0) is 13.0. The van der Waals surface area contributed by atoms with Gasteiger partial charge in [0.15, 0.2) is 0 Å². The maximum absolute atomic E-state index is 13.4. The lowest BCUT2D eigenvalue weighted by atomic mass is 10.1. The Labute approximate surface area is 104 Å². The molecule has 94 valence electrons. The van der Waals surface area contributed by atoms with Crippen LogP contribution in [0.2, 0.25) is 0 Å². The molecule has 0 aliphatic heterocycles. The molecule has 0 bridgehead atoms. The number of nitrogens with zero attached hydrogens (tertiary/aromatic N) is 1. The summed E-state index contributed by atoms with van der Waals surface area (Å²) in [7, 11) is 0. The minimum atomic E-state index is -0.398. The number of anilines is 1. The van der Waals surface area contributed by atoms with E-state index in [2.05, 4.69) is 10.3 Å². The van der Waals surface area contributed by atoms with Gasteiger partial charge < -0.3 is 11.1 Å². The van der Waals surface area contributed by atoms with Crippen LogP contribution in [0.15, 0.2) is 30.6 Å². The second-order valence-corrected chi connectivity index (χ2v) is 3.99. The first-order chi connectivity index (χ1) is 8.70. The fourth-order valence-corrected chi connectivity index (χ4v) is 1.75. The molecule has 0 unspecified atom stereocenters. The molecule has 0 fully saturated rings. The van der Waals surface area contributed by atoms with E-state index in [1.54, 1.807) is 18.5 Å². The highest BCUT2D eigenvalue weighted by Crippen LogP contribution is 2.24. The number of fused-ring (bicyclic) bond motifs is 1. The molecule has 0 radical (unpaired) electrons. The monoisotopic (exact) mass is 247 g/mol. The van der Waals surface area contributed by atoms with Crippen LogP contribution >= 0.6 is 0 Å². The van der Waals surface area contributed by atoms with Crippen molar-refractivity contribution >= 4 is 22.4 Å². The number of halogens is 1. The Morgan fingerprint density at radius 1 is 1.44 bits per heavy atom. The summed E-state index contributed by atoms with van der Waals surface area (Å²) in [6, 6.07) is 4.44. The van der Waals surface area contributed by atoms with Crippen molar-refractivity contribution in [2.45, 2.75) is 12.8 Å². The number of amides is 1. The summed E-state index contributed by atoms with van der Waals surface area (Å²) in [5.41, 5.74) is 5.80. The smallest absolute Gasteiger partial charge is 0.224 e. The van der Waals surface area contributed by atoms with E-state index >= 15 is 0 Å². The van der Waals surface area contributed by atoms with Gasteiger partial charge in [0.05, 0.1) is 5.69 Å². The SMILES string of the molecule is NCCCC(=O)Nc1cc(F)cc2cnccc12. The first-order valence-electron chi connectivity index (χ1n) is 5.74. The molecule has 2 rings (SSSR count). The van der Waals surface area contributed by atoms with Crippen LogP contribution in [0.4, 0.5) is 10.1 Å². The number of nitrogens with two attached hydrogens (primary N) is 1. The number of pyridine rings is 1. The number of aromatic nitrogens is 1. The number of hydrogen-bond acceptors (Lipinski definition) is 3. The zero-order valence-electron chi connectivity index (χ0n) is 9.82. The number of hydrogen-bond donors (Lipinski definition) is 2. The Hall–Kier alpha value is -2.01. The van der Waals surface area contributed by atoms with Crippen LogP contribution in [0.3, 0.4) is 0 Å². The molecule has 1 amide bonds. The number of benzene rings is 1. The Morgan fingerprint density at radius 3 is 3.06 bits per heavy atom. The lowest BCUT2D eigenvalue weighted by Gasteiger charge is -2.08. The minimum absolute atomic E-state index is 0.163. The van der Waals surface area contributed by atoms with Gasteiger partial charge in [-0.3, -0.25) is 9.78 Å². The van der Waals surface area contributed by atoms with E-state index in [-0.39, 0.29) is 5.91 Å². The fourth-order valence-electron chi connectivity index (χ4n) is 1.75. The van der Waals surface area contributed by atoms with Gasteiger partial charge in [-0.05, 0) is 31.2 Å². The van der Waals surface area contributed by atoms with Crippen LogP contribution in [0.5, 0.6) is 0 Å². The molecule has 0 saturated carbocycles. The molecule has 5 heteroatoms. The molecule has 1 aromatic heterocycles. The van der Waals surface area contributed by atoms with Crippen LogP contribution in [0.1, 0.15) is 12.8 Å². The molecular weight excluding hydrogens is 233 g/mol. The Bertz CT molecular complexity index is 571. The summed E-state index contributed by atoms with van der Waals surface area (Å²) >= 11 is 0. The van der Waals surface area contributed by atoms with Crippen molar-refractivity contribution in [1.29, 1.82) is 0 Å². The third-order valence-corrected chi connectivity index (χ3v) is 2.60. The van der Waals surface area contributed by atoms with E-state index in [0.717, 1.165) is 5.39 Å². The number of carbonyl (C=O) groups excluding carboxylic acids is 1. The molecule has 0 atom stereocenters. The highest BCUT2D eigenvalue weighted by Gasteiger charge is 2.07. The van der Waals surface area contributed by atoms with E-state index in [0.29, 0.717) is 30.5 Å². The fraction of sp³-hybridized carbons (Fsp3) is 0.231. The van der Waals surface area contributed by atoms with Crippen molar-refractivity contribution in [2.75, 3.05) is 11.9 Å². The quantitative estimate of drug-likeness (QED) is 0.868. The van der Waals surface area contributed by atoms with Crippen LogP contribution in [0, 0.1) is 5.82 Å². The third-order valence-electron chi connectivity index (χ3n) is 2.60. The van der Waals surface area contributed by atoms with Gasteiger partial charge in [0.2, 0.25) is 5.91 Å². The molecule has 0 spiro atoms. The third kappa shape index (κ3) is 2.81. The Balaban J connectivity index is 2.29. The van der Waals surface area contributed by atoms with Crippen molar-refractivity contribution in [2.24, 2.45) is 5.73 Å². The predicted molar refractivity (Wildman–Crippen MR) is 68.6 cm³/mol. The van der Waals surface area contributed by atoms with Gasteiger partial charge in [0.1, 0.15) is 5.82 Å². The van der Waals surface area contributed by atoms with Crippen LogP contribution in [-0.4, -0.2) is 17.4 Å². The van der Waals surface area contributed by atoms with E-state index in [1.807, 2.05) is 0 Å². The molecule has 4 nitrogen and oxygen atoms in total. The van der Waals surface area contributed by atoms with Crippen LogP contribution < -0.4 is 11.1 Å². The normalized spacial score (nSPS) is 10.6. The lowest BCUT2D eigenvalue weighted by Crippen LogP contribution is -2.13. The molecule has 1 aromatic carbocycles. The van der Waals surface area contributed by atoms with Gasteiger partial charge in [-0.1, -0.05) is 0 Å². The summed E-state index contributed by atoms with van der Waals surface area (Å²) in [6.45, 7) is 0.460. The molecule has 1 heterocycles. The van der Waals surface area contributed by atoms with Crippen molar-refractivity contribution in [1.82, 2.24) is 4.98 Å². The summed E-state index contributed by atoms with van der Waals surface area (Å²) in [5.74, 6) is -0.561. The average Bonchev–Trinajstić information content (AvgIpc) is 2.36. The van der Waals surface area contributed by atoms with E-state index in [1.165, 1.54) is 12.1 Å². The highest BCUT2D eigenvalue weighted by atomic mass is 19.1. The predicted octanol–water partition coefficient (Wildman–Crippen LogP) is 2.05. The maximum Gasteiger partial charge on any atom is 0.224 e. The first-order valence-corrected chi connectivity index (χ1v) is 5.74. The Kier molecular flexibility index (Phi) is 3.84. The second kappa shape index (κ2) is 5.55. The first kappa shape index (κ1) is 12.4. The second-order valence-electron chi connectivity index (χ2n) is 3.99. The molecular formula is C13H14FN3O. The molecule has 0 saturated heterocycles. The molecule has 0 aliphatic carbocycles. The summed E-state index contributed by atoms with van der Waals surface area (Å²) in [6.07, 6.45) is 4.12. The number of nitrogens with one attached hydrogen (secondary N) is 1. The van der Waals surface area contributed by atoms with Crippen molar-refractivity contribution in [3.05, 3.63) is 36.4 Å². The minimum Gasteiger partial charge on any atom is -0.330 e. The number of rotatable bonds is 4. The van der Waals surface area contributed by atoms with Crippen molar-refractivity contribution < 1.29 is 9.18 Å². The largest absolute Gasteiger partial charge is 0.330 e. The average molecular weight is 247 g/mol. The topological polar surface area (TPSA) is 68.0 Å². The van der Waals surface area contributed by atoms with E-state index < -0.39 is 5.82 Å². The summed E-state index contributed by atoms with van der Waals surface area (Å²) in [4.78, 5) is 15.5. The van der Waals surface area contributed by atoms with Crippen molar-refractivity contribution in [3.63, 3.8) is 0 Å². The van der Waals surface area contributed by atoms with Crippen LogP contribution in [0.25, 0.3) is 10.8 Å². The van der Waals surface area contributed by atoms with Gasteiger partial charge >= 0.3 is 0 Å². The van der Waals surface area contributed by atoms with Gasteiger partial charge in [-0.15, -0.1) is 0 Å². The summed E-state index contributed by atoms with van der Waals surface area (Å²) < 4.78 is 13.4. The summed E-state index contributed by atoms with van der Waals surface area (Å²) in [5, 5.41) is 4.13. The number of carbonyl (C=O) groups is 1. The van der Waals surface area contributed by atoms with Gasteiger partial charge in [0, 0.05) is 29.6 Å². The lowest BCUT2D eigenvalue weighted by molar-refractivity contribution is -0.116. The highest BCUT2D eigenvalue weighted by molar-refractivity contribution is 6.01. The Morgan fingerprint density at radius 2 is 2.28 bits per heavy atom. The van der Waals surface area contributed by atoms with Crippen LogP contribution in [-0.2, 0) is 4.79 Å². The molecule has 0 aliphatic rings. The maximum atomic E-state index is 13.4.